The predicted octanol–water partition coefficient (Wildman–Crippen LogP) is 2.45. The number of benzene rings is 1. The number of hydrogen-bond donors (Lipinski definition) is 2. The molecule has 0 atom stereocenters. The summed E-state index contributed by atoms with van der Waals surface area (Å²) in [6.07, 6.45) is 9.56. The number of hydrogen-bond acceptors (Lipinski definition) is 4. The molecule has 1 aliphatic carbocycles. The van der Waals surface area contributed by atoms with Gasteiger partial charge in [0.25, 0.3) is 0 Å². The van der Waals surface area contributed by atoms with Crippen molar-refractivity contribution in [2.24, 2.45) is 0 Å². The van der Waals surface area contributed by atoms with E-state index in [0.29, 0.717) is 18.2 Å². The van der Waals surface area contributed by atoms with E-state index in [9.17, 15) is 13.2 Å². The zero-order valence-corrected chi connectivity index (χ0v) is 19.0. The number of carbonyl (C=O) groups excluding carboxylic acids is 1. The molecule has 0 saturated heterocycles. The summed E-state index contributed by atoms with van der Waals surface area (Å²) in [5.74, 6) is -0.257. The zero-order chi connectivity index (χ0) is 17.1. The van der Waals surface area contributed by atoms with Crippen LogP contribution in [0.4, 0.5) is 0 Å². The topological polar surface area (TPSA) is 83.5 Å². The second-order valence-corrected chi connectivity index (χ2v) is 7.25. The number of aryl methyl sites for hydroxylation is 1. The van der Waals surface area contributed by atoms with E-state index in [1.54, 1.807) is 24.8 Å². The fraction of sp³-hybridized carbons (Fsp3) is 0.529. The molecule has 0 amide bonds. The molecule has 1 fully saturated rings. The van der Waals surface area contributed by atoms with E-state index in [2.05, 4.69) is 5.32 Å². The summed E-state index contributed by atoms with van der Waals surface area (Å²) in [5.41, 5.74) is 1.77. The van der Waals surface area contributed by atoms with Gasteiger partial charge in [-0.1, -0.05) is 24.8 Å². The van der Waals surface area contributed by atoms with Crippen LogP contribution in [0, 0.1) is 44.5 Å². The van der Waals surface area contributed by atoms with Crippen LogP contribution in [0.5, 0.6) is 0 Å². The van der Waals surface area contributed by atoms with Gasteiger partial charge in [-0.05, 0) is 25.5 Å². The molecule has 132 valence electrons. The molecular weight excluding hydrogens is 552 g/mol. The SMILES string of the molecule is Cc1ccc([C-]=O)cc1.O=S(=O)(O)C[CH-]CNC1CCCCC1.[U+2]. The van der Waals surface area contributed by atoms with E-state index in [4.69, 9.17) is 4.55 Å². The van der Waals surface area contributed by atoms with Crippen LogP contribution in [0.1, 0.15) is 43.2 Å². The third-order valence-electron chi connectivity index (χ3n) is 3.65. The molecule has 0 radical (unpaired) electrons. The minimum atomic E-state index is -3.82. The van der Waals surface area contributed by atoms with Crippen LogP contribution < -0.4 is 5.32 Å². The molecule has 1 aromatic rings. The van der Waals surface area contributed by atoms with Crippen molar-refractivity contribution >= 4 is 16.4 Å². The maximum atomic E-state index is 10.4. The Hall–Kier alpha value is -0.188. The number of rotatable bonds is 6. The Morgan fingerprint density at radius 3 is 2.29 bits per heavy atom. The van der Waals surface area contributed by atoms with Gasteiger partial charge in [-0.3, -0.25) is 11.0 Å². The van der Waals surface area contributed by atoms with E-state index in [1.165, 1.54) is 32.1 Å². The largest absolute Gasteiger partial charge is 2.00 e. The average Bonchev–Trinajstić information content (AvgIpc) is 2.53. The average molecular weight is 577 g/mol. The summed E-state index contributed by atoms with van der Waals surface area (Å²) in [7, 11) is -3.82. The Labute approximate surface area is 169 Å². The van der Waals surface area contributed by atoms with Crippen molar-refractivity contribution in [1.29, 1.82) is 0 Å². The van der Waals surface area contributed by atoms with E-state index in [-0.39, 0.29) is 36.9 Å². The van der Waals surface area contributed by atoms with Crippen molar-refractivity contribution in [1.82, 2.24) is 5.32 Å². The zero-order valence-electron chi connectivity index (χ0n) is 14.0. The first-order valence-corrected chi connectivity index (χ1v) is 9.46. The van der Waals surface area contributed by atoms with Gasteiger partial charge < -0.3 is 10.1 Å². The van der Waals surface area contributed by atoms with Crippen LogP contribution in [0.25, 0.3) is 0 Å². The predicted molar refractivity (Wildman–Crippen MR) is 91.6 cm³/mol. The minimum Gasteiger partial charge on any atom is -0.376 e. The van der Waals surface area contributed by atoms with E-state index in [0.717, 1.165) is 5.56 Å². The molecule has 1 aliphatic rings. The van der Waals surface area contributed by atoms with Crippen LogP contribution in [0.3, 0.4) is 0 Å². The van der Waals surface area contributed by atoms with Gasteiger partial charge >= 0.3 is 31.1 Å². The Morgan fingerprint density at radius 2 is 1.79 bits per heavy atom. The second-order valence-electron chi connectivity index (χ2n) is 5.75. The Bertz CT molecular complexity index is 554. The van der Waals surface area contributed by atoms with Gasteiger partial charge in [0.2, 0.25) is 10.1 Å². The van der Waals surface area contributed by atoms with E-state index < -0.39 is 10.1 Å². The first-order valence-electron chi connectivity index (χ1n) is 7.86. The van der Waals surface area contributed by atoms with Crippen LogP contribution in [0.2, 0.25) is 0 Å². The summed E-state index contributed by atoms with van der Waals surface area (Å²) in [6.45, 7) is 2.54. The molecule has 7 heteroatoms. The molecule has 0 bridgehead atoms. The molecule has 2 rings (SSSR count). The molecule has 0 unspecified atom stereocenters. The molecular formula is C17H25NO4SU. The van der Waals surface area contributed by atoms with Gasteiger partial charge in [-0.15, -0.1) is 18.7 Å². The molecule has 1 saturated carbocycles. The monoisotopic (exact) mass is 577 g/mol. The minimum absolute atomic E-state index is 0. The van der Waals surface area contributed by atoms with Gasteiger partial charge in [0, 0.05) is 6.04 Å². The Morgan fingerprint density at radius 1 is 1.21 bits per heavy atom. The van der Waals surface area contributed by atoms with Gasteiger partial charge in [0.15, 0.2) is 0 Å². The normalized spacial score (nSPS) is 14.9. The smallest absolute Gasteiger partial charge is 0.376 e. The molecule has 0 heterocycles. The van der Waals surface area contributed by atoms with Crippen LogP contribution >= 0.6 is 0 Å². The molecule has 5 nitrogen and oxygen atoms in total. The van der Waals surface area contributed by atoms with Crippen molar-refractivity contribution < 1.29 is 48.9 Å². The molecule has 1 aromatic carbocycles. The fourth-order valence-electron chi connectivity index (χ4n) is 2.39. The fourth-order valence-corrected chi connectivity index (χ4v) is 2.80. The van der Waals surface area contributed by atoms with Crippen LogP contribution in [0.15, 0.2) is 24.3 Å². The summed E-state index contributed by atoms with van der Waals surface area (Å²) >= 11 is 0. The van der Waals surface area contributed by atoms with Crippen molar-refractivity contribution in [2.45, 2.75) is 45.1 Å². The Kier molecular flexibility index (Phi) is 13.0. The Balaban J connectivity index is 0.000000460. The van der Waals surface area contributed by atoms with Gasteiger partial charge in [-0.2, -0.15) is 17.7 Å². The summed E-state index contributed by atoms with van der Waals surface area (Å²) in [6, 6.07) is 7.81. The standard InChI is InChI=1S/C9H18NO3S.C8H7O.U/c11-14(12,13)8-4-7-10-9-5-2-1-3-6-9;1-7-2-4-8(6-9)5-3-7;/h4,9-10H,1-3,5-8H2,(H,11,12,13);2-5H,1H3;/q2*-1;+2. The van der Waals surface area contributed by atoms with Crippen molar-refractivity contribution in [3.05, 3.63) is 41.8 Å². The molecule has 24 heavy (non-hydrogen) atoms. The molecule has 2 N–H and O–H groups in total. The van der Waals surface area contributed by atoms with Crippen LogP contribution in [-0.4, -0.2) is 37.6 Å². The number of nitrogens with one attached hydrogen (secondary N) is 1. The summed E-state index contributed by atoms with van der Waals surface area (Å²) < 4.78 is 29.2. The molecule has 0 aromatic heterocycles. The third-order valence-corrected chi connectivity index (χ3v) is 4.31. The molecule has 0 aliphatic heterocycles. The van der Waals surface area contributed by atoms with Crippen molar-refractivity contribution in [3.63, 3.8) is 0 Å². The van der Waals surface area contributed by atoms with Gasteiger partial charge in [0.1, 0.15) is 0 Å². The maximum absolute atomic E-state index is 10.4. The summed E-state index contributed by atoms with van der Waals surface area (Å²) in [4.78, 5) is 9.99. The quantitative estimate of drug-likeness (QED) is 0.309. The van der Waals surface area contributed by atoms with Crippen molar-refractivity contribution in [2.75, 3.05) is 12.3 Å². The second kappa shape index (κ2) is 13.1. The summed E-state index contributed by atoms with van der Waals surface area (Å²) in [5, 5.41) is 3.26. The van der Waals surface area contributed by atoms with Crippen molar-refractivity contribution in [3.8, 4) is 0 Å². The molecule has 0 spiro atoms. The van der Waals surface area contributed by atoms with Crippen LogP contribution in [-0.2, 0) is 14.9 Å². The van der Waals surface area contributed by atoms with E-state index in [1.807, 2.05) is 19.1 Å². The van der Waals surface area contributed by atoms with Gasteiger partial charge in [0.05, 0.1) is 6.29 Å². The van der Waals surface area contributed by atoms with Gasteiger partial charge in [-0.25, -0.2) is 8.42 Å². The maximum Gasteiger partial charge on any atom is 2.00 e. The third kappa shape index (κ3) is 12.2. The first kappa shape index (κ1) is 23.8. The first-order chi connectivity index (χ1) is 10.9. The van der Waals surface area contributed by atoms with E-state index >= 15 is 0 Å².